The minimum Gasteiger partial charge on any atom is -0.492 e. The van der Waals surface area contributed by atoms with Crippen LogP contribution in [0, 0.1) is 0 Å². The first-order chi connectivity index (χ1) is 14.0. The van der Waals surface area contributed by atoms with Crippen molar-refractivity contribution in [1.29, 1.82) is 0 Å². The first-order valence-electron chi connectivity index (χ1n) is 9.13. The topological polar surface area (TPSA) is 68.7 Å². The molecule has 152 valence electrons. The molecule has 0 N–H and O–H groups in total. The molecule has 2 aromatic carbocycles. The third-order valence-electron chi connectivity index (χ3n) is 4.17. The number of esters is 1. The molecule has 0 spiro atoms. The quantitative estimate of drug-likeness (QED) is 0.479. The summed E-state index contributed by atoms with van der Waals surface area (Å²) in [7, 11) is 1.64. The van der Waals surface area contributed by atoms with E-state index in [-0.39, 0.29) is 18.9 Å². The van der Waals surface area contributed by atoms with Crippen LogP contribution in [0.2, 0.25) is 5.02 Å². The van der Waals surface area contributed by atoms with E-state index in [4.69, 9.17) is 21.1 Å². The van der Waals surface area contributed by atoms with Crippen LogP contribution in [0.15, 0.2) is 48.5 Å². The van der Waals surface area contributed by atoms with E-state index in [9.17, 15) is 9.59 Å². The van der Waals surface area contributed by atoms with E-state index >= 15 is 0 Å². The Balaban J connectivity index is 1.34. The number of ether oxygens (including phenoxy) is 2. The van der Waals surface area contributed by atoms with E-state index < -0.39 is 5.97 Å². The number of para-hydroxylation sites is 1. The number of rotatable bonds is 9. The summed E-state index contributed by atoms with van der Waals surface area (Å²) in [5.74, 6) is -0.0158. The highest BCUT2D eigenvalue weighted by atomic mass is 35.5. The molecule has 0 radical (unpaired) electrons. The average molecular weight is 433 g/mol. The Hall–Kier alpha value is -2.64. The summed E-state index contributed by atoms with van der Waals surface area (Å²) >= 11 is 7.38. The van der Waals surface area contributed by atoms with Gasteiger partial charge < -0.3 is 14.4 Å². The van der Waals surface area contributed by atoms with Crippen molar-refractivity contribution in [3.63, 3.8) is 0 Å². The van der Waals surface area contributed by atoms with Gasteiger partial charge in [-0.3, -0.25) is 9.59 Å². The van der Waals surface area contributed by atoms with Gasteiger partial charge in [0.2, 0.25) is 0 Å². The Morgan fingerprint density at radius 2 is 1.90 bits per heavy atom. The second kappa shape index (κ2) is 10.2. The molecule has 3 aromatic rings. The van der Waals surface area contributed by atoms with Crippen molar-refractivity contribution in [1.82, 2.24) is 9.88 Å². The van der Waals surface area contributed by atoms with Crippen LogP contribution in [0.1, 0.15) is 11.4 Å². The molecule has 0 saturated heterocycles. The maximum Gasteiger partial charge on any atom is 0.306 e. The summed E-state index contributed by atoms with van der Waals surface area (Å²) in [5, 5.41) is 1.51. The van der Waals surface area contributed by atoms with Crippen molar-refractivity contribution < 1.29 is 19.1 Å². The SMILES string of the molecule is CN(CCOc1ccc(Cl)cc1)C(=O)COC(=O)CCc1nc2ccccc2s1. The molecule has 0 aliphatic carbocycles. The maximum atomic E-state index is 12.1. The molecule has 1 aromatic heterocycles. The fraction of sp³-hybridized carbons (Fsp3) is 0.286. The largest absolute Gasteiger partial charge is 0.492 e. The summed E-state index contributed by atoms with van der Waals surface area (Å²) in [6, 6.07) is 14.8. The second-order valence-corrected chi connectivity index (χ2v) is 7.91. The van der Waals surface area contributed by atoms with Gasteiger partial charge in [-0.25, -0.2) is 4.98 Å². The van der Waals surface area contributed by atoms with Crippen molar-refractivity contribution >= 4 is 45.0 Å². The summed E-state index contributed by atoms with van der Waals surface area (Å²) in [6.07, 6.45) is 0.688. The Morgan fingerprint density at radius 1 is 1.14 bits per heavy atom. The fourth-order valence-corrected chi connectivity index (χ4v) is 3.61. The van der Waals surface area contributed by atoms with Gasteiger partial charge in [-0.15, -0.1) is 11.3 Å². The van der Waals surface area contributed by atoms with Crippen LogP contribution in [0.3, 0.4) is 0 Å². The van der Waals surface area contributed by atoms with Crippen molar-refractivity contribution in [3.05, 3.63) is 58.6 Å². The molecule has 0 saturated carbocycles. The molecule has 6 nitrogen and oxygen atoms in total. The number of likely N-dealkylation sites (N-methyl/N-ethyl adjacent to an activating group) is 1. The number of halogens is 1. The molecular weight excluding hydrogens is 412 g/mol. The van der Waals surface area contributed by atoms with Gasteiger partial charge in [0.25, 0.3) is 5.91 Å². The maximum absolute atomic E-state index is 12.1. The first kappa shape index (κ1) is 21.1. The molecule has 0 unspecified atom stereocenters. The van der Waals surface area contributed by atoms with E-state index in [0.29, 0.717) is 30.3 Å². The summed E-state index contributed by atoms with van der Waals surface area (Å²) < 4.78 is 11.7. The monoisotopic (exact) mass is 432 g/mol. The number of aromatic nitrogens is 1. The molecule has 0 fully saturated rings. The van der Waals surface area contributed by atoms with Gasteiger partial charge in [-0.2, -0.15) is 0 Å². The average Bonchev–Trinajstić information content (AvgIpc) is 3.15. The van der Waals surface area contributed by atoms with E-state index in [0.717, 1.165) is 15.2 Å². The van der Waals surface area contributed by atoms with Crippen LogP contribution < -0.4 is 4.74 Å². The van der Waals surface area contributed by atoms with Gasteiger partial charge in [-0.05, 0) is 36.4 Å². The van der Waals surface area contributed by atoms with Gasteiger partial charge >= 0.3 is 5.97 Å². The molecule has 0 aliphatic heterocycles. The predicted octanol–water partition coefficient (Wildman–Crippen LogP) is 3.96. The number of amides is 1. The zero-order chi connectivity index (χ0) is 20.6. The zero-order valence-electron chi connectivity index (χ0n) is 16.0. The molecule has 29 heavy (non-hydrogen) atoms. The Bertz CT molecular complexity index is 941. The molecule has 0 bridgehead atoms. The van der Waals surface area contributed by atoms with E-state index in [1.54, 1.807) is 42.6 Å². The van der Waals surface area contributed by atoms with Crippen molar-refractivity contribution in [2.75, 3.05) is 26.8 Å². The number of hydrogen-bond acceptors (Lipinski definition) is 6. The Labute approximate surface area is 178 Å². The fourth-order valence-electron chi connectivity index (χ4n) is 2.52. The second-order valence-electron chi connectivity index (χ2n) is 6.35. The number of nitrogens with zero attached hydrogens (tertiary/aromatic N) is 2. The van der Waals surface area contributed by atoms with Crippen molar-refractivity contribution in [3.8, 4) is 5.75 Å². The molecule has 0 aliphatic rings. The standard InChI is InChI=1S/C21H21ClN2O4S/c1-24(12-13-27-16-8-6-15(22)7-9-16)20(25)14-28-21(26)11-10-19-23-17-4-2-3-5-18(17)29-19/h2-9H,10-14H2,1H3. The molecule has 3 rings (SSSR count). The van der Waals surface area contributed by atoms with E-state index in [1.165, 1.54) is 4.90 Å². The number of carbonyl (C=O) groups excluding carboxylic acids is 2. The Morgan fingerprint density at radius 3 is 2.66 bits per heavy atom. The lowest BCUT2D eigenvalue weighted by Crippen LogP contribution is -2.34. The number of thiazole rings is 1. The van der Waals surface area contributed by atoms with Gasteiger partial charge in [0, 0.05) is 18.5 Å². The van der Waals surface area contributed by atoms with Crippen LogP contribution in [-0.4, -0.2) is 48.6 Å². The van der Waals surface area contributed by atoms with Gasteiger partial charge in [0.05, 0.1) is 28.2 Å². The molecule has 1 amide bonds. The highest BCUT2D eigenvalue weighted by Crippen LogP contribution is 2.22. The summed E-state index contributed by atoms with van der Waals surface area (Å²) in [6.45, 7) is 0.427. The van der Waals surface area contributed by atoms with Gasteiger partial charge in [0.1, 0.15) is 12.4 Å². The molecular formula is C21H21ClN2O4S. The summed E-state index contributed by atoms with van der Waals surface area (Å²) in [5.41, 5.74) is 0.929. The van der Waals surface area contributed by atoms with Crippen molar-refractivity contribution in [2.24, 2.45) is 0 Å². The minimum absolute atomic E-state index is 0.191. The van der Waals surface area contributed by atoms with Crippen LogP contribution in [-0.2, 0) is 20.7 Å². The number of hydrogen-bond donors (Lipinski definition) is 0. The number of benzene rings is 2. The van der Waals surface area contributed by atoms with Gasteiger partial charge in [0.15, 0.2) is 6.61 Å². The van der Waals surface area contributed by atoms with Crippen molar-refractivity contribution in [2.45, 2.75) is 12.8 Å². The normalized spacial score (nSPS) is 10.7. The number of fused-ring (bicyclic) bond motifs is 1. The molecule has 0 atom stereocenters. The zero-order valence-corrected chi connectivity index (χ0v) is 17.5. The molecule has 8 heteroatoms. The predicted molar refractivity (Wildman–Crippen MR) is 113 cm³/mol. The van der Waals surface area contributed by atoms with Crippen LogP contribution in [0.25, 0.3) is 10.2 Å². The third-order valence-corrected chi connectivity index (χ3v) is 5.52. The highest BCUT2D eigenvalue weighted by molar-refractivity contribution is 7.18. The highest BCUT2D eigenvalue weighted by Gasteiger charge is 2.13. The third kappa shape index (κ3) is 6.44. The number of aryl methyl sites for hydroxylation is 1. The van der Waals surface area contributed by atoms with Gasteiger partial charge in [-0.1, -0.05) is 23.7 Å². The van der Waals surface area contributed by atoms with Crippen LogP contribution in [0.5, 0.6) is 5.75 Å². The lowest BCUT2D eigenvalue weighted by Gasteiger charge is -2.17. The van der Waals surface area contributed by atoms with Crippen LogP contribution >= 0.6 is 22.9 Å². The van der Waals surface area contributed by atoms with E-state index in [2.05, 4.69) is 4.98 Å². The smallest absolute Gasteiger partial charge is 0.306 e. The molecule has 1 heterocycles. The Kier molecular flexibility index (Phi) is 7.43. The summed E-state index contributed by atoms with van der Waals surface area (Å²) in [4.78, 5) is 30.0. The van der Waals surface area contributed by atoms with Crippen LogP contribution in [0.4, 0.5) is 0 Å². The first-order valence-corrected chi connectivity index (χ1v) is 10.3. The lowest BCUT2D eigenvalue weighted by molar-refractivity contribution is -0.151. The number of carbonyl (C=O) groups is 2. The lowest BCUT2D eigenvalue weighted by atomic mass is 10.3. The van der Waals surface area contributed by atoms with E-state index in [1.807, 2.05) is 24.3 Å². The minimum atomic E-state index is -0.413.